The Kier molecular flexibility index (Phi) is 5.43. The molecule has 1 saturated heterocycles. The second-order valence-corrected chi connectivity index (χ2v) is 5.69. The zero-order valence-corrected chi connectivity index (χ0v) is 12.5. The minimum absolute atomic E-state index is 0.685. The molecule has 0 N–H and O–H groups in total. The average Bonchev–Trinajstić information content (AvgIpc) is 2.37. The van der Waals surface area contributed by atoms with Crippen molar-refractivity contribution >= 4 is 40.5 Å². The molecule has 1 aromatic rings. The van der Waals surface area contributed by atoms with Gasteiger partial charge in [-0.1, -0.05) is 23.2 Å². The van der Waals surface area contributed by atoms with E-state index in [1.807, 2.05) is 12.1 Å². The Hall–Kier alpha value is -0.150. The number of benzene rings is 1. The van der Waals surface area contributed by atoms with Gasteiger partial charge in [-0.05, 0) is 31.2 Å². The smallest absolute Gasteiger partial charge is 0.0654 e. The van der Waals surface area contributed by atoms with Crippen LogP contribution in [0.3, 0.4) is 0 Å². The Bertz CT molecular complexity index is 390. The average molecular weight is 308 g/mol. The molecule has 2 rings (SSSR count). The van der Waals surface area contributed by atoms with Gasteiger partial charge in [0.1, 0.15) is 0 Å². The van der Waals surface area contributed by atoms with Crippen LogP contribution in [0.25, 0.3) is 0 Å². The van der Waals surface area contributed by atoms with E-state index in [1.165, 1.54) is 0 Å². The monoisotopic (exact) mass is 306 g/mol. The standard InChI is InChI=1S/C13H17Cl3N2/c14-4-1-5-17-6-8-18(9-7-17)13-3-2-11(15)10-12(13)16/h2-3,10H,1,4-9H2. The summed E-state index contributed by atoms with van der Waals surface area (Å²) in [4.78, 5) is 4.76. The molecule has 5 heteroatoms. The van der Waals surface area contributed by atoms with Crippen LogP contribution in [0.2, 0.25) is 10.0 Å². The summed E-state index contributed by atoms with van der Waals surface area (Å²) in [6.45, 7) is 5.23. The molecule has 100 valence electrons. The molecule has 1 fully saturated rings. The van der Waals surface area contributed by atoms with Crippen molar-refractivity contribution in [2.75, 3.05) is 43.5 Å². The maximum Gasteiger partial charge on any atom is 0.0654 e. The van der Waals surface area contributed by atoms with Gasteiger partial charge >= 0.3 is 0 Å². The zero-order chi connectivity index (χ0) is 13.0. The summed E-state index contributed by atoms with van der Waals surface area (Å²) in [5.41, 5.74) is 1.08. The molecule has 0 spiro atoms. The zero-order valence-electron chi connectivity index (χ0n) is 10.2. The Balaban J connectivity index is 1.93. The fourth-order valence-corrected chi connectivity index (χ4v) is 2.88. The Morgan fingerprint density at radius 1 is 1.06 bits per heavy atom. The van der Waals surface area contributed by atoms with Crippen molar-refractivity contribution in [3.8, 4) is 0 Å². The predicted octanol–water partition coefficient (Wildman–Crippen LogP) is 3.74. The molecule has 0 amide bonds. The van der Waals surface area contributed by atoms with Crippen molar-refractivity contribution in [3.05, 3.63) is 28.2 Å². The SMILES string of the molecule is ClCCCN1CCN(c2ccc(Cl)cc2Cl)CC1. The summed E-state index contributed by atoms with van der Waals surface area (Å²) in [7, 11) is 0. The lowest BCUT2D eigenvalue weighted by atomic mass is 10.2. The first-order chi connectivity index (χ1) is 8.70. The van der Waals surface area contributed by atoms with Gasteiger partial charge in [-0.15, -0.1) is 11.6 Å². The van der Waals surface area contributed by atoms with Gasteiger partial charge in [0.2, 0.25) is 0 Å². The maximum absolute atomic E-state index is 6.23. The Morgan fingerprint density at radius 3 is 2.39 bits per heavy atom. The molecular formula is C13H17Cl3N2. The van der Waals surface area contributed by atoms with E-state index in [4.69, 9.17) is 34.8 Å². The van der Waals surface area contributed by atoms with E-state index in [2.05, 4.69) is 9.80 Å². The van der Waals surface area contributed by atoms with Crippen LogP contribution >= 0.6 is 34.8 Å². The molecule has 1 aliphatic rings. The molecule has 18 heavy (non-hydrogen) atoms. The summed E-state index contributed by atoms with van der Waals surface area (Å²) < 4.78 is 0. The van der Waals surface area contributed by atoms with E-state index < -0.39 is 0 Å². The van der Waals surface area contributed by atoms with Crippen molar-refractivity contribution < 1.29 is 0 Å². The number of alkyl halides is 1. The molecule has 1 aromatic carbocycles. The number of anilines is 1. The molecule has 1 aliphatic heterocycles. The lowest BCUT2D eigenvalue weighted by molar-refractivity contribution is 0.259. The summed E-state index contributed by atoms with van der Waals surface area (Å²) in [6, 6.07) is 5.69. The molecule has 0 radical (unpaired) electrons. The summed E-state index contributed by atoms with van der Waals surface area (Å²) in [5.74, 6) is 0.739. The van der Waals surface area contributed by atoms with Crippen LogP contribution in [0.4, 0.5) is 5.69 Å². The number of piperazine rings is 1. The molecule has 0 saturated carbocycles. The number of hydrogen-bond acceptors (Lipinski definition) is 2. The van der Waals surface area contributed by atoms with Crippen LogP contribution in [-0.4, -0.2) is 43.5 Å². The van der Waals surface area contributed by atoms with Gasteiger partial charge < -0.3 is 4.90 Å². The highest BCUT2D eigenvalue weighted by Gasteiger charge is 2.18. The van der Waals surface area contributed by atoms with E-state index in [9.17, 15) is 0 Å². The van der Waals surface area contributed by atoms with Crippen LogP contribution in [0.5, 0.6) is 0 Å². The first kappa shape index (κ1) is 14.3. The highest BCUT2D eigenvalue weighted by molar-refractivity contribution is 6.36. The second kappa shape index (κ2) is 6.85. The summed E-state index contributed by atoms with van der Waals surface area (Å²) in [5, 5.41) is 1.42. The van der Waals surface area contributed by atoms with Crippen LogP contribution in [0, 0.1) is 0 Å². The Morgan fingerprint density at radius 2 is 1.78 bits per heavy atom. The van der Waals surface area contributed by atoms with Crippen molar-refractivity contribution in [3.63, 3.8) is 0 Å². The third kappa shape index (κ3) is 3.67. The molecule has 1 heterocycles. The van der Waals surface area contributed by atoms with Gasteiger partial charge in [-0.25, -0.2) is 0 Å². The van der Waals surface area contributed by atoms with E-state index in [1.54, 1.807) is 6.07 Å². The maximum atomic E-state index is 6.23. The minimum atomic E-state index is 0.685. The highest BCUT2D eigenvalue weighted by Crippen LogP contribution is 2.29. The minimum Gasteiger partial charge on any atom is -0.368 e. The van der Waals surface area contributed by atoms with E-state index >= 15 is 0 Å². The van der Waals surface area contributed by atoms with Gasteiger partial charge in [0, 0.05) is 37.1 Å². The second-order valence-electron chi connectivity index (χ2n) is 4.47. The first-order valence-electron chi connectivity index (χ1n) is 6.19. The lowest BCUT2D eigenvalue weighted by Crippen LogP contribution is -2.46. The molecular weight excluding hydrogens is 291 g/mol. The van der Waals surface area contributed by atoms with Crippen LogP contribution in [-0.2, 0) is 0 Å². The van der Waals surface area contributed by atoms with Crippen molar-refractivity contribution in [1.82, 2.24) is 4.90 Å². The van der Waals surface area contributed by atoms with Crippen LogP contribution in [0.1, 0.15) is 6.42 Å². The summed E-state index contributed by atoms with van der Waals surface area (Å²) in [6.07, 6.45) is 1.06. The van der Waals surface area contributed by atoms with Crippen LogP contribution in [0.15, 0.2) is 18.2 Å². The van der Waals surface area contributed by atoms with Gasteiger partial charge in [0.15, 0.2) is 0 Å². The fourth-order valence-electron chi connectivity index (χ4n) is 2.23. The normalized spacial score (nSPS) is 17.2. The van der Waals surface area contributed by atoms with E-state index in [0.29, 0.717) is 5.02 Å². The van der Waals surface area contributed by atoms with E-state index in [0.717, 1.165) is 55.7 Å². The molecule has 0 unspecified atom stereocenters. The molecule has 0 atom stereocenters. The molecule has 0 aromatic heterocycles. The molecule has 2 nitrogen and oxygen atoms in total. The largest absolute Gasteiger partial charge is 0.368 e. The fraction of sp³-hybridized carbons (Fsp3) is 0.538. The predicted molar refractivity (Wildman–Crippen MR) is 80.5 cm³/mol. The number of nitrogens with zero attached hydrogens (tertiary/aromatic N) is 2. The van der Waals surface area contributed by atoms with E-state index in [-0.39, 0.29) is 0 Å². The number of rotatable bonds is 4. The van der Waals surface area contributed by atoms with Gasteiger partial charge in [0.25, 0.3) is 0 Å². The van der Waals surface area contributed by atoms with Crippen molar-refractivity contribution in [1.29, 1.82) is 0 Å². The quantitative estimate of drug-likeness (QED) is 0.782. The number of halogens is 3. The van der Waals surface area contributed by atoms with Crippen molar-refractivity contribution in [2.24, 2.45) is 0 Å². The third-order valence-corrected chi connectivity index (χ3v) is 4.04. The van der Waals surface area contributed by atoms with Gasteiger partial charge in [-0.2, -0.15) is 0 Å². The van der Waals surface area contributed by atoms with Crippen LogP contribution < -0.4 is 4.90 Å². The third-order valence-electron chi connectivity index (χ3n) is 3.23. The Labute approximate surface area is 123 Å². The topological polar surface area (TPSA) is 6.48 Å². The van der Waals surface area contributed by atoms with Crippen molar-refractivity contribution in [2.45, 2.75) is 6.42 Å². The molecule has 0 bridgehead atoms. The first-order valence-corrected chi connectivity index (χ1v) is 7.48. The summed E-state index contributed by atoms with van der Waals surface area (Å²) >= 11 is 17.9. The molecule has 0 aliphatic carbocycles. The van der Waals surface area contributed by atoms with Gasteiger partial charge in [0.05, 0.1) is 10.7 Å². The van der Waals surface area contributed by atoms with Gasteiger partial charge in [-0.3, -0.25) is 4.90 Å². The highest BCUT2D eigenvalue weighted by atomic mass is 35.5. The number of hydrogen-bond donors (Lipinski definition) is 0. The lowest BCUT2D eigenvalue weighted by Gasteiger charge is -2.36.